The maximum absolute atomic E-state index is 9.89. The van der Waals surface area contributed by atoms with Crippen molar-refractivity contribution < 1.29 is 9.52 Å². The van der Waals surface area contributed by atoms with Crippen LogP contribution in [-0.2, 0) is 0 Å². The van der Waals surface area contributed by atoms with Crippen molar-refractivity contribution in [2.45, 2.75) is 32.4 Å². The summed E-state index contributed by atoms with van der Waals surface area (Å²) in [7, 11) is 0. The lowest BCUT2D eigenvalue weighted by molar-refractivity contribution is 0.376. The number of rotatable bonds is 5. The molecule has 0 fully saturated rings. The summed E-state index contributed by atoms with van der Waals surface area (Å²) in [4.78, 5) is 0. The van der Waals surface area contributed by atoms with Crippen LogP contribution < -0.4 is 5.32 Å². The average molecular weight is 245 g/mol. The fourth-order valence-corrected chi connectivity index (χ4v) is 2.13. The molecule has 0 spiro atoms. The molecular formula is C15H19NO2. The van der Waals surface area contributed by atoms with Gasteiger partial charge in [-0.2, -0.15) is 0 Å². The second-order valence-electron chi connectivity index (χ2n) is 4.42. The molecule has 2 unspecified atom stereocenters. The summed E-state index contributed by atoms with van der Waals surface area (Å²) in [6, 6.07) is 11.5. The van der Waals surface area contributed by atoms with E-state index in [1.807, 2.05) is 30.3 Å². The number of nitrogens with one attached hydrogen (secondary N) is 1. The number of para-hydroxylation sites is 1. The Hall–Kier alpha value is -1.74. The van der Waals surface area contributed by atoms with Crippen molar-refractivity contribution in [2.75, 3.05) is 0 Å². The van der Waals surface area contributed by atoms with E-state index >= 15 is 0 Å². The predicted octanol–water partition coefficient (Wildman–Crippen LogP) is 3.79. The molecule has 3 heteroatoms. The third-order valence-electron chi connectivity index (χ3n) is 3.14. The number of hydrogen-bond donors (Lipinski definition) is 2. The molecule has 0 amide bonds. The number of phenols is 1. The van der Waals surface area contributed by atoms with Crippen LogP contribution in [0.1, 0.15) is 43.7 Å². The van der Waals surface area contributed by atoms with E-state index in [0.29, 0.717) is 5.75 Å². The molecule has 0 saturated heterocycles. The van der Waals surface area contributed by atoms with E-state index in [1.54, 1.807) is 12.3 Å². The molecular weight excluding hydrogens is 226 g/mol. The van der Waals surface area contributed by atoms with E-state index in [1.165, 1.54) is 0 Å². The summed E-state index contributed by atoms with van der Waals surface area (Å²) in [5.74, 6) is 1.24. The first-order chi connectivity index (χ1) is 8.72. The Morgan fingerprint density at radius 3 is 2.61 bits per heavy atom. The Bertz CT molecular complexity index is 479. The molecule has 0 aliphatic heterocycles. The van der Waals surface area contributed by atoms with Gasteiger partial charge in [0.1, 0.15) is 11.5 Å². The molecule has 1 aromatic carbocycles. The average Bonchev–Trinajstić information content (AvgIpc) is 2.90. The van der Waals surface area contributed by atoms with Gasteiger partial charge in [-0.1, -0.05) is 25.1 Å². The topological polar surface area (TPSA) is 45.4 Å². The van der Waals surface area contributed by atoms with E-state index in [0.717, 1.165) is 17.7 Å². The zero-order valence-electron chi connectivity index (χ0n) is 10.8. The van der Waals surface area contributed by atoms with Crippen LogP contribution in [0.25, 0.3) is 0 Å². The quantitative estimate of drug-likeness (QED) is 0.842. The van der Waals surface area contributed by atoms with Crippen LogP contribution >= 0.6 is 0 Å². The Balaban J connectivity index is 2.13. The molecule has 0 aliphatic rings. The highest BCUT2D eigenvalue weighted by Gasteiger charge is 2.17. The summed E-state index contributed by atoms with van der Waals surface area (Å²) in [5, 5.41) is 13.4. The normalized spacial score (nSPS) is 14.3. The van der Waals surface area contributed by atoms with E-state index < -0.39 is 0 Å². The van der Waals surface area contributed by atoms with Gasteiger partial charge in [-0.3, -0.25) is 0 Å². The lowest BCUT2D eigenvalue weighted by atomic mass is 10.0. The van der Waals surface area contributed by atoms with Gasteiger partial charge >= 0.3 is 0 Å². The molecule has 2 N–H and O–H groups in total. The van der Waals surface area contributed by atoms with Crippen molar-refractivity contribution in [3.05, 3.63) is 54.0 Å². The van der Waals surface area contributed by atoms with Crippen LogP contribution in [0.5, 0.6) is 5.75 Å². The molecule has 96 valence electrons. The van der Waals surface area contributed by atoms with E-state index in [9.17, 15) is 5.11 Å². The molecule has 1 aromatic heterocycles. The third-order valence-corrected chi connectivity index (χ3v) is 3.14. The van der Waals surface area contributed by atoms with Crippen molar-refractivity contribution in [2.24, 2.45) is 0 Å². The largest absolute Gasteiger partial charge is 0.508 e. The highest BCUT2D eigenvalue weighted by molar-refractivity contribution is 5.34. The number of benzene rings is 1. The van der Waals surface area contributed by atoms with Crippen LogP contribution in [0.15, 0.2) is 47.1 Å². The van der Waals surface area contributed by atoms with Crippen LogP contribution in [0.4, 0.5) is 0 Å². The molecule has 2 atom stereocenters. The maximum Gasteiger partial charge on any atom is 0.120 e. The van der Waals surface area contributed by atoms with E-state index in [-0.39, 0.29) is 12.1 Å². The van der Waals surface area contributed by atoms with E-state index in [4.69, 9.17) is 4.42 Å². The summed E-state index contributed by atoms with van der Waals surface area (Å²) >= 11 is 0. The molecule has 18 heavy (non-hydrogen) atoms. The zero-order valence-corrected chi connectivity index (χ0v) is 10.8. The van der Waals surface area contributed by atoms with E-state index in [2.05, 4.69) is 19.2 Å². The minimum atomic E-state index is 0.115. The minimum Gasteiger partial charge on any atom is -0.508 e. The molecule has 0 saturated carbocycles. The van der Waals surface area contributed by atoms with Crippen molar-refractivity contribution >= 4 is 0 Å². The summed E-state index contributed by atoms with van der Waals surface area (Å²) in [6.45, 7) is 4.15. The van der Waals surface area contributed by atoms with Gasteiger partial charge in [0.15, 0.2) is 0 Å². The van der Waals surface area contributed by atoms with Crippen molar-refractivity contribution in [1.29, 1.82) is 0 Å². The molecule has 2 rings (SSSR count). The zero-order chi connectivity index (χ0) is 13.0. The van der Waals surface area contributed by atoms with Gasteiger partial charge in [-0.25, -0.2) is 0 Å². The Morgan fingerprint density at radius 1 is 1.22 bits per heavy atom. The highest BCUT2D eigenvalue weighted by atomic mass is 16.3. The van der Waals surface area contributed by atoms with Gasteiger partial charge < -0.3 is 14.8 Å². The summed E-state index contributed by atoms with van der Waals surface area (Å²) in [5.41, 5.74) is 0.929. The first-order valence-corrected chi connectivity index (χ1v) is 6.29. The summed E-state index contributed by atoms with van der Waals surface area (Å²) in [6.07, 6.45) is 2.58. The number of phenolic OH excluding ortho intramolecular Hbond substituents is 1. The first kappa shape index (κ1) is 12.7. The molecule has 0 bridgehead atoms. The lowest BCUT2D eigenvalue weighted by Gasteiger charge is -2.22. The monoisotopic (exact) mass is 245 g/mol. The second kappa shape index (κ2) is 5.74. The van der Waals surface area contributed by atoms with Crippen LogP contribution in [-0.4, -0.2) is 5.11 Å². The van der Waals surface area contributed by atoms with Gasteiger partial charge in [0, 0.05) is 11.6 Å². The van der Waals surface area contributed by atoms with Gasteiger partial charge in [0.05, 0.1) is 12.3 Å². The lowest BCUT2D eigenvalue weighted by Crippen LogP contribution is -2.24. The van der Waals surface area contributed by atoms with Gasteiger partial charge in [0.25, 0.3) is 0 Å². The fraction of sp³-hybridized carbons (Fsp3) is 0.333. The molecule has 1 heterocycles. The smallest absolute Gasteiger partial charge is 0.120 e. The van der Waals surface area contributed by atoms with Gasteiger partial charge in [0.2, 0.25) is 0 Å². The summed E-state index contributed by atoms with van der Waals surface area (Å²) < 4.78 is 5.38. The van der Waals surface area contributed by atoms with Crippen molar-refractivity contribution in [3.8, 4) is 5.75 Å². The Morgan fingerprint density at radius 2 is 2.00 bits per heavy atom. The number of hydrogen-bond acceptors (Lipinski definition) is 3. The van der Waals surface area contributed by atoms with Crippen molar-refractivity contribution in [1.82, 2.24) is 5.32 Å². The van der Waals surface area contributed by atoms with Crippen LogP contribution in [0.2, 0.25) is 0 Å². The Kier molecular flexibility index (Phi) is 4.05. The highest BCUT2D eigenvalue weighted by Crippen LogP contribution is 2.28. The van der Waals surface area contributed by atoms with Crippen LogP contribution in [0, 0.1) is 0 Å². The molecule has 0 radical (unpaired) electrons. The number of aromatic hydroxyl groups is 1. The van der Waals surface area contributed by atoms with Crippen LogP contribution in [0.3, 0.4) is 0 Å². The van der Waals surface area contributed by atoms with Gasteiger partial charge in [-0.15, -0.1) is 0 Å². The molecule has 0 aliphatic carbocycles. The SMILES string of the molecule is CCC(NC(C)c1ccco1)c1ccccc1O. The third kappa shape index (κ3) is 2.74. The standard InChI is InChI=1S/C15H19NO2/c1-3-13(12-7-4-5-8-14(12)17)16-11(2)15-9-6-10-18-15/h4-11,13,16-17H,3H2,1-2H3. The molecule has 3 nitrogen and oxygen atoms in total. The predicted molar refractivity (Wildman–Crippen MR) is 71.4 cm³/mol. The fourth-order valence-electron chi connectivity index (χ4n) is 2.13. The maximum atomic E-state index is 9.89. The second-order valence-corrected chi connectivity index (χ2v) is 4.42. The van der Waals surface area contributed by atoms with Crippen molar-refractivity contribution in [3.63, 3.8) is 0 Å². The molecule has 2 aromatic rings. The first-order valence-electron chi connectivity index (χ1n) is 6.29. The number of furan rings is 1. The van der Waals surface area contributed by atoms with Gasteiger partial charge in [-0.05, 0) is 31.5 Å². The minimum absolute atomic E-state index is 0.115. The Labute approximate surface area is 107 Å².